The highest BCUT2D eigenvalue weighted by Gasteiger charge is 2.33. The molecule has 2 aromatic rings. The summed E-state index contributed by atoms with van der Waals surface area (Å²) in [4.78, 5) is 47.9. The third-order valence-electron chi connectivity index (χ3n) is 7.20. The molecule has 194 valence electrons. The van der Waals surface area contributed by atoms with Gasteiger partial charge in [-0.3, -0.25) is 14.4 Å². The van der Waals surface area contributed by atoms with Crippen molar-refractivity contribution in [2.75, 3.05) is 6.54 Å². The number of nitrogens with one attached hydrogen (secondary N) is 3. The number of halogens is 2. The molecule has 0 bridgehead atoms. The molecule has 3 atom stereocenters. The zero-order chi connectivity index (χ0) is 25.8. The second-order valence-corrected chi connectivity index (χ2v) is 9.86. The fourth-order valence-corrected chi connectivity index (χ4v) is 4.71. The predicted molar refractivity (Wildman–Crippen MR) is 129 cm³/mol. The number of hydrogen-bond acceptors (Lipinski definition) is 4. The number of nitrogens with zero attached hydrogens (tertiary/aromatic N) is 2. The van der Waals surface area contributed by atoms with Crippen LogP contribution in [0.2, 0.25) is 0 Å². The second kappa shape index (κ2) is 11.2. The molecule has 1 aliphatic heterocycles. The van der Waals surface area contributed by atoms with Crippen LogP contribution >= 0.6 is 0 Å². The third-order valence-corrected chi connectivity index (χ3v) is 7.20. The predicted octanol–water partition coefficient (Wildman–Crippen LogP) is 3.61. The molecular weight excluding hydrogens is 468 g/mol. The van der Waals surface area contributed by atoms with Crippen molar-refractivity contribution in [2.45, 2.75) is 76.9 Å². The zero-order valence-electron chi connectivity index (χ0n) is 20.7. The highest BCUT2D eigenvalue weighted by Crippen LogP contribution is 2.27. The number of likely N-dealkylation sites (tertiary alicyclic amines) is 1. The Bertz CT molecular complexity index is 1120. The normalized spacial score (nSPS) is 19.8. The van der Waals surface area contributed by atoms with E-state index >= 15 is 0 Å². The number of amides is 3. The summed E-state index contributed by atoms with van der Waals surface area (Å²) in [6, 6.07) is 1.73. The summed E-state index contributed by atoms with van der Waals surface area (Å²) in [6.07, 6.45) is 6.74. The van der Waals surface area contributed by atoms with Gasteiger partial charge in [-0.2, -0.15) is 0 Å². The highest BCUT2D eigenvalue weighted by atomic mass is 19.1. The van der Waals surface area contributed by atoms with Gasteiger partial charge in [0.25, 0.3) is 0 Å². The summed E-state index contributed by atoms with van der Waals surface area (Å²) in [7, 11) is 0. The summed E-state index contributed by atoms with van der Waals surface area (Å²) in [5.41, 5.74) is 0.494. The smallest absolute Gasteiger partial charge is 0.243 e. The summed E-state index contributed by atoms with van der Waals surface area (Å²) in [5, 5.41) is 5.60. The van der Waals surface area contributed by atoms with E-state index in [1.807, 2.05) is 6.92 Å². The average molecular weight is 502 g/mol. The van der Waals surface area contributed by atoms with Crippen LogP contribution in [0.15, 0.2) is 24.4 Å². The zero-order valence-corrected chi connectivity index (χ0v) is 20.7. The van der Waals surface area contributed by atoms with E-state index in [-0.39, 0.29) is 35.8 Å². The molecule has 3 amide bonds. The van der Waals surface area contributed by atoms with Crippen LogP contribution in [0.5, 0.6) is 0 Å². The fourth-order valence-electron chi connectivity index (χ4n) is 4.71. The lowest BCUT2D eigenvalue weighted by Gasteiger charge is -2.35. The lowest BCUT2D eigenvalue weighted by Crippen LogP contribution is -2.53. The van der Waals surface area contributed by atoms with Crippen molar-refractivity contribution in [3.05, 3.63) is 41.9 Å². The van der Waals surface area contributed by atoms with Gasteiger partial charge in [0.2, 0.25) is 17.7 Å². The van der Waals surface area contributed by atoms with Gasteiger partial charge >= 0.3 is 0 Å². The lowest BCUT2D eigenvalue weighted by molar-refractivity contribution is -0.139. The number of benzene rings is 1. The van der Waals surface area contributed by atoms with Crippen LogP contribution in [0.4, 0.5) is 8.78 Å². The van der Waals surface area contributed by atoms with Gasteiger partial charge in [0.1, 0.15) is 23.5 Å². The topological polar surface area (TPSA) is 107 Å². The van der Waals surface area contributed by atoms with E-state index in [1.165, 1.54) is 12.3 Å². The van der Waals surface area contributed by atoms with Gasteiger partial charge < -0.3 is 20.5 Å². The van der Waals surface area contributed by atoms with Crippen LogP contribution in [0, 0.1) is 17.6 Å². The standard InChI is InChI=1S/C26H33F2N5O3/c1-15-6-3-4-11-33(15)23(34)13-21(32-25(35)17-7-5-8-17)26(36)30-16(2)24-29-14-22(31-24)19-10-9-18(27)12-20(19)28/h9-10,12,14-17,21H,3-8,11,13H2,1-2H3,(H,29,31)(H,30,36)(H,32,35)/t15?,16-,21?/m0/s1. The number of imidazole rings is 1. The first-order valence-corrected chi connectivity index (χ1v) is 12.6. The van der Waals surface area contributed by atoms with Crippen molar-refractivity contribution < 1.29 is 23.2 Å². The number of piperidine rings is 1. The molecule has 2 heterocycles. The van der Waals surface area contributed by atoms with E-state index in [0.717, 1.165) is 50.7 Å². The Balaban J connectivity index is 1.44. The Kier molecular flexibility index (Phi) is 8.01. The van der Waals surface area contributed by atoms with Crippen molar-refractivity contribution >= 4 is 17.7 Å². The second-order valence-electron chi connectivity index (χ2n) is 9.86. The summed E-state index contributed by atoms with van der Waals surface area (Å²) in [5.74, 6) is -2.02. The van der Waals surface area contributed by atoms with E-state index in [9.17, 15) is 23.2 Å². The van der Waals surface area contributed by atoms with Crippen LogP contribution in [-0.4, -0.2) is 51.2 Å². The Morgan fingerprint density at radius 1 is 1.14 bits per heavy atom. The summed E-state index contributed by atoms with van der Waals surface area (Å²) < 4.78 is 27.4. The average Bonchev–Trinajstić information content (AvgIpc) is 3.27. The molecule has 2 aliphatic rings. The van der Waals surface area contributed by atoms with Crippen LogP contribution in [0.25, 0.3) is 11.3 Å². The molecule has 0 spiro atoms. The maximum Gasteiger partial charge on any atom is 0.243 e. The van der Waals surface area contributed by atoms with E-state index in [0.29, 0.717) is 18.1 Å². The lowest BCUT2D eigenvalue weighted by atomic mass is 9.84. The Morgan fingerprint density at radius 3 is 2.58 bits per heavy atom. The third kappa shape index (κ3) is 5.91. The van der Waals surface area contributed by atoms with Gasteiger partial charge in [-0.25, -0.2) is 13.8 Å². The number of carbonyl (C=O) groups is 3. The van der Waals surface area contributed by atoms with Crippen molar-refractivity contribution in [1.82, 2.24) is 25.5 Å². The van der Waals surface area contributed by atoms with Crippen LogP contribution in [0.3, 0.4) is 0 Å². The molecule has 36 heavy (non-hydrogen) atoms. The van der Waals surface area contributed by atoms with Gasteiger partial charge in [-0.05, 0) is 58.1 Å². The monoisotopic (exact) mass is 501 g/mol. The highest BCUT2D eigenvalue weighted by molar-refractivity contribution is 5.93. The van der Waals surface area contributed by atoms with Crippen LogP contribution < -0.4 is 10.6 Å². The minimum atomic E-state index is -1.01. The molecule has 1 aliphatic carbocycles. The molecule has 1 saturated carbocycles. The molecule has 10 heteroatoms. The summed E-state index contributed by atoms with van der Waals surface area (Å²) in [6.45, 7) is 4.34. The van der Waals surface area contributed by atoms with Gasteiger partial charge in [0.05, 0.1) is 24.4 Å². The molecule has 8 nitrogen and oxygen atoms in total. The Hall–Kier alpha value is -3.30. The maximum atomic E-state index is 14.2. The Labute approximate surface area is 209 Å². The van der Waals surface area contributed by atoms with Crippen LogP contribution in [0.1, 0.15) is 70.7 Å². The Morgan fingerprint density at radius 2 is 1.92 bits per heavy atom. The van der Waals surface area contributed by atoms with Gasteiger partial charge in [-0.15, -0.1) is 0 Å². The molecular formula is C26H33F2N5O3. The number of rotatable bonds is 8. The van der Waals surface area contributed by atoms with Gasteiger partial charge in [0.15, 0.2) is 0 Å². The van der Waals surface area contributed by atoms with Gasteiger partial charge in [-0.1, -0.05) is 6.42 Å². The first kappa shape index (κ1) is 25.8. The van der Waals surface area contributed by atoms with E-state index < -0.39 is 29.6 Å². The van der Waals surface area contributed by atoms with E-state index in [1.54, 1.807) is 11.8 Å². The quantitative estimate of drug-likeness (QED) is 0.514. The molecule has 4 rings (SSSR count). The number of aromatic amines is 1. The molecule has 1 aromatic carbocycles. The molecule has 1 saturated heterocycles. The van der Waals surface area contributed by atoms with Crippen molar-refractivity contribution in [3.63, 3.8) is 0 Å². The summed E-state index contributed by atoms with van der Waals surface area (Å²) >= 11 is 0. The van der Waals surface area contributed by atoms with Gasteiger partial charge in [0, 0.05) is 30.1 Å². The number of hydrogen-bond donors (Lipinski definition) is 3. The van der Waals surface area contributed by atoms with E-state index in [4.69, 9.17) is 0 Å². The number of H-pyrrole nitrogens is 1. The maximum absolute atomic E-state index is 14.2. The SMILES string of the molecule is CC1CCCCN1C(=O)CC(NC(=O)C1CCC1)C(=O)N[C@@H](C)c1ncc(-c2ccc(F)cc2F)[nH]1. The van der Waals surface area contributed by atoms with E-state index in [2.05, 4.69) is 20.6 Å². The fraction of sp³-hybridized carbons (Fsp3) is 0.538. The first-order chi connectivity index (χ1) is 17.2. The minimum Gasteiger partial charge on any atom is -0.345 e. The first-order valence-electron chi connectivity index (χ1n) is 12.6. The van der Waals surface area contributed by atoms with Crippen LogP contribution in [-0.2, 0) is 14.4 Å². The molecule has 1 aromatic heterocycles. The molecule has 3 N–H and O–H groups in total. The minimum absolute atomic E-state index is 0.101. The van der Waals surface area contributed by atoms with Crippen molar-refractivity contribution in [1.29, 1.82) is 0 Å². The number of carbonyl (C=O) groups excluding carboxylic acids is 3. The number of aromatic nitrogens is 2. The largest absolute Gasteiger partial charge is 0.345 e. The molecule has 2 unspecified atom stereocenters. The molecule has 2 fully saturated rings. The molecule has 0 radical (unpaired) electrons. The van der Waals surface area contributed by atoms with Crippen molar-refractivity contribution in [3.8, 4) is 11.3 Å². The van der Waals surface area contributed by atoms with Crippen molar-refractivity contribution in [2.24, 2.45) is 5.92 Å².